The summed E-state index contributed by atoms with van der Waals surface area (Å²) in [6, 6.07) is 7.59. The number of carboxylic acid groups (broad SMARTS) is 1. The lowest BCUT2D eigenvalue weighted by Gasteiger charge is -2.10. The quantitative estimate of drug-likeness (QED) is 0.534. The zero-order valence-electron chi connectivity index (χ0n) is 11.6. The summed E-state index contributed by atoms with van der Waals surface area (Å²) in [5.41, 5.74) is 0.334. The summed E-state index contributed by atoms with van der Waals surface area (Å²) in [5, 5.41) is 22.6. The van der Waals surface area contributed by atoms with Crippen molar-refractivity contribution >= 4 is 17.6 Å². The van der Waals surface area contributed by atoms with Crippen LogP contribution >= 0.6 is 0 Å². The number of ether oxygens (including phenoxy) is 1. The first-order valence-electron chi connectivity index (χ1n) is 6.03. The third-order valence-corrected chi connectivity index (χ3v) is 2.56. The number of nitriles is 1. The Morgan fingerprint density at radius 2 is 2.10 bits per heavy atom. The molecule has 1 amide bonds. The molecule has 1 rings (SSSR count). The maximum absolute atomic E-state index is 11.7. The number of anilines is 1. The van der Waals surface area contributed by atoms with Gasteiger partial charge in [-0.3, -0.25) is 9.59 Å². The van der Waals surface area contributed by atoms with Crippen molar-refractivity contribution in [1.29, 1.82) is 5.26 Å². The standard InChI is InChI=1S/C14H15N3O4/c1-9(14(19)20)17-13(18)10(7-15)8-16-11-5-3-4-6-12(11)21-2/h3-6,8-9,16H,1-2H3,(H,17,18)(H,19,20)/b10-8-. The number of para-hydroxylation sites is 2. The number of hydrogen-bond acceptors (Lipinski definition) is 5. The zero-order chi connectivity index (χ0) is 15.8. The number of aliphatic carboxylic acids is 1. The van der Waals surface area contributed by atoms with Crippen molar-refractivity contribution in [2.24, 2.45) is 0 Å². The Morgan fingerprint density at radius 1 is 1.43 bits per heavy atom. The second kappa shape index (κ2) is 7.55. The van der Waals surface area contributed by atoms with Gasteiger partial charge in [0.05, 0.1) is 12.8 Å². The van der Waals surface area contributed by atoms with Gasteiger partial charge in [-0.1, -0.05) is 12.1 Å². The summed E-state index contributed by atoms with van der Waals surface area (Å²) in [4.78, 5) is 22.4. The van der Waals surface area contributed by atoms with E-state index in [1.54, 1.807) is 30.3 Å². The van der Waals surface area contributed by atoms with Gasteiger partial charge in [0, 0.05) is 6.20 Å². The SMILES string of the molecule is COc1ccccc1N/C=C(/C#N)C(=O)NC(C)C(=O)O. The number of carbonyl (C=O) groups is 2. The molecule has 0 aliphatic rings. The Hall–Kier alpha value is -3.01. The van der Waals surface area contributed by atoms with E-state index in [0.717, 1.165) is 0 Å². The number of nitrogens with one attached hydrogen (secondary N) is 2. The Balaban J connectivity index is 2.83. The van der Waals surface area contributed by atoms with Crippen molar-refractivity contribution in [3.63, 3.8) is 0 Å². The van der Waals surface area contributed by atoms with E-state index in [-0.39, 0.29) is 5.57 Å². The first-order chi connectivity index (χ1) is 9.99. The van der Waals surface area contributed by atoms with Crippen molar-refractivity contribution < 1.29 is 19.4 Å². The van der Waals surface area contributed by atoms with Gasteiger partial charge in [-0.05, 0) is 19.1 Å². The summed E-state index contributed by atoms with van der Waals surface area (Å²) in [6.45, 7) is 1.31. The molecule has 3 N–H and O–H groups in total. The summed E-state index contributed by atoms with van der Waals surface area (Å²) >= 11 is 0. The fraction of sp³-hybridized carbons (Fsp3) is 0.214. The van der Waals surface area contributed by atoms with E-state index in [2.05, 4.69) is 10.6 Å². The zero-order valence-corrected chi connectivity index (χ0v) is 11.6. The van der Waals surface area contributed by atoms with Gasteiger partial charge in [0.2, 0.25) is 0 Å². The Morgan fingerprint density at radius 3 is 2.67 bits per heavy atom. The average molecular weight is 289 g/mol. The molecule has 21 heavy (non-hydrogen) atoms. The summed E-state index contributed by atoms with van der Waals surface area (Å²) in [6.07, 6.45) is 1.20. The lowest BCUT2D eigenvalue weighted by molar-refractivity contribution is -0.140. The van der Waals surface area contributed by atoms with Crippen LogP contribution in [-0.4, -0.2) is 30.1 Å². The van der Waals surface area contributed by atoms with Crippen LogP contribution in [0.1, 0.15) is 6.92 Å². The van der Waals surface area contributed by atoms with E-state index < -0.39 is 17.9 Å². The van der Waals surface area contributed by atoms with Gasteiger partial charge in [-0.15, -0.1) is 0 Å². The predicted octanol–water partition coefficient (Wildman–Crippen LogP) is 1.10. The van der Waals surface area contributed by atoms with Crippen LogP contribution in [0.25, 0.3) is 0 Å². The second-order valence-electron chi connectivity index (χ2n) is 4.05. The van der Waals surface area contributed by atoms with Crippen LogP contribution in [-0.2, 0) is 9.59 Å². The number of rotatable bonds is 6. The van der Waals surface area contributed by atoms with E-state index >= 15 is 0 Å². The molecule has 0 bridgehead atoms. The first-order valence-corrected chi connectivity index (χ1v) is 6.03. The number of amides is 1. The number of carboxylic acids is 1. The van der Waals surface area contributed by atoms with Crippen LogP contribution in [0.3, 0.4) is 0 Å². The minimum absolute atomic E-state index is 0.242. The number of methoxy groups -OCH3 is 1. The van der Waals surface area contributed by atoms with Crippen molar-refractivity contribution in [3.8, 4) is 11.8 Å². The van der Waals surface area contributed by atoms with E-state index in [1.165, 1.54) is 20.2 Å². The number of carbonyl (C=O) groups excluding carboxylic acids is 1. The maximum atomic E-state index is 11.7. The van der Waals surface area contributed by atoms with Gasteiger partial charge >= 0.3 is 5.97 Å². The highest BCUT2D eigenvalue weighted by Gasteiger charge is 2.17. The Kier molecular flexibility index (Phi) is 5.77. The highest BCUT2D eigenvalue weighted by atomic mass is 16.5. The molecule has 7 nitrogen and oxygen atoms in total. The molecule has 1 aromatic carbocycles. The largest absolute Gasteiger partial charge is 0.495 e. The molecular weight excluding hydrogens is 274 g/mol. The van der Waals surface area contributed by atoms with Gasteiger partial charge in [-0.2, -0.15) is 5.26 Å². The fourth-order valence-corrected chi connectivity index (χ4v) is 1.40. The molecule has 1 unspecified atom stereocenters. The van der Waals surface area contributed by atoms with E-state index in [0.29, 0.717) is 11.4 Å². The van der Waals surface area contributed by atoms with Crippen LogP contribution in [0.15, 0.2) is 36.0 Å². The normalized spacial score (nSPS) is 12.0. The molecule has 0 aliphatic heterocycles. The molecule has 0 aromatic heterocycles. The fourth-order valence-electron chi connectivity index (χ4n) is 1.40. The molecule has 110 valence electrons. The van der Waals surface area contributed by atoms with Crippen molar-refractivity contribution in [1.82, 2.24) is 5.32 Å². The molecule has 0 spiro atoms. The minimum atomic E-state index is -1.18. The van der Waals surface area contributed by atoms with E-state index in [4.69, 9.17) is 15.1 Å². The first kappa shape index (κ1) is 16.0. The molecule has 0 radical (unpaired) electrons. The molecule has 0 heterocycles. The van der Waals surface area contributed by atoms with Gasteiger partial charge in [0.15, 0.2) is 0 Å². The van der Waals surface area contributed by atoms with Gasteiger partial charge in [0.25, 0.3) is 5.91 Å². The monoisotopic (exact) mass is 289 g/mol. The molecule has 0 fully saturated rings. The van der Waals surface area contributed by atoms with Gasteiger partial charge < -0.3 is 20.5 Å². The summed E-state index contributed by atoms with van der Waals surface area (Å²) in [7, 11) is 1.50. The minimum Gasteiger partial charge on any atom is -0.495 e. The topological polar surface area (TPSA) is 111 Å². The van der Waals surface area contributed by atoms with Crippen LogP contribution in [0, 0.1) is 11.3 Å². The molecule has 0 saturated heterocycles. The maximum Gasteiger partial charge on any atom is 0.325 e. The van der Waals surface area contributed by atoms with Gasteiger partial charge in [0.1, 0.15) is 23.4 Å². The molecule has 7 heteroatoms. The highest BCUT2D eigenvalue weighted by molar-refractivity contribution is 5.99. The summed E-state index contributed by atoms with van der Waals surface area (Å²) in [5.74, 6) is -1.40. The lowest BCUT2D eigenvalue weighted by atomic mass is 10.2. The Bertz CT molecular complexity index is 604. The number of hydrogen-bond donors (Lipinski definition) is 3. The molecule has 0 saturated carbocycles. The molecular formula is C14H15N3O4. The van der Waals surface area contributed by atoms with E-state index in [1.807, 2.05) is 0 Å². The van der Waals surface area contributed by atoms with Crippen molar-refractivity contribution in [2.45, 2.75) is 13.0 Å². The number of nitrogens with zero attached hydrogens (tertiary/aromatic N) is 1. The van der Waals surface area contributed by atoms with Gasteiger partial charge in [-0.25, -0.2) is 0 Å². The summed E-state index contributed by atoms with van der Waals surface area (Å²) < 4.78 is 5.11. The van der Waals surface area contributed by atoms with Crippen LogP contribution < -0.4 is 15.4 Å². The predicted molar refractivity (Wildman–Crippen MR) is 75.6 cm³/mol. The van der Waals surface area contributed by atoms with E-state index in [9.17, 15) is 9.59 Å². The smallest absolute Gasteiger partial charge is 0.325 e. The highest BCUT2D eigenvalue weighted by Crippen LogP contribution is 2.23. The molecule has 0 aliphatic carbocycles. The third kappa shape index (κ3) is 4.54. The van der Waals surface area contributed by atoms with Crippen LogP contribution in [0.5, 0.6) is 5.75 Å². The second-order valence-corrected chi connectivity index (χ2v) is 4.05. The lowest BCUT2D eigenvalue weighted by Crippen LogP contribution is -2.39. The van der Waals surface area contributed by atoms with Crippen molar-refractivity contribution in [3.05, 3.63) is 36.0 Å². The van der Waals surface area contributed by atoms with Crippen LogP contribution in [0.2, 0.25) is 0 Å². The molecule has 1 aromatic rings. The van der Waals surface area contributed by atoms with Crippen LogP contribution in [0.4, 0.5) is 5.69 Å². The Labute approximate surface area is 121 Å². The molecule has 1 atom stereocenters. The third-order valence-electron chi connectivity index (χ3n) is 2.56. The van der Waals surface area contributed by atoms with Crippen molar-refractivity contribution in [2.75, 3.05) is 12.4 Å². The number of benzene rings is 1. The average Bonchev–Trinajstić information content (AvgIpc) is 2.48.